The predicted octanol–water partition coefficient (Wildman–Crippen LogP) is 2.86. The summed E-state index contributed by atoms with van der Waals surface area (Å²) in [5, 5.41) is 11.9. The zero-order valence-corrected chi connectivity index (χ0v) is 10.7. The Labute approximate surface area is 106 Å². The number of hydrogen-bond acceptors (Lipinski definition) is 3. The van der Waals surface area contributed by atoms with Crippen LogP contribution in [0.25, 0.3) is 0 Å². The minimum atomic E-state index is 0.0284. The Morgan fingerprint density at radius 3 is 2.76 bits per heavy atom. The van der Waals surface area contributed by atoms with Crippen molar-refractivity contribution in [2.75, 3.05) is 6.61 Å². The smallest absolute Gasteiger partial charge is 0.170 e. The molecular weight excluding hydrogens is 240 g/mol. The molecule has 94 valence electrons. The van der Waals surface area contributed by atoms with E-state index in [1.807, 2.05) is 0 Å². The molecular formula is C12H17ClN2O2. The maximum absolute atomic E-state index is 8.54. The van der Waals surface area contributed by atoms with Crippen LogP contribution in [0.2, 0.25) is 5.02 Å². The van der Waals surface area contributed by atoms with E-state index in [0.29, 0.717) is 28.9 Å². The number of hydrogen-bond donors (Lipinski definition) is 2. The second-order valence-corrected chi connectivity index (χ2v) is 4.57. The predicted molar refractivity (Wildman–Crippen MR) is 68.9 cm³/mol. The number of nitrogens with zero attached hydrogens (tertiary/aromatic N) is 1. The summed E-state index contributed by atoms with van der Waals surface area (Å²) in [5.41, 5.74) is 6.02. The van der Waals surface area contributed by atoms with Gasteiger partial charge < -0.3 is 15.7 Å². The first-order chi connectivity index (χ1) is 8.04. The van der Waals surface area contributed by atoms with Crippen molar-refractivity contribution >= 4 is 17.4 Å². The second-order valence-electron chi connectivity index (χ2n) is 4.16. The maximum atomic E-state index is 8.54. The highest BCUT2D eigenvalue weighted by atomic mass is 35.5. The summed E-state index contributed by atoms with van der Waals surface area (Å²) in [6.07, 6.45) is 0.971. The van der Waals surface area contributed by atoms with Crippen molar-refractivity contribution in [2.45, 2.75) is 20.3 Å². The lowest BCUT2D eigenvalue weighted by Gasteiger charge is -2.10. The number of ether oxygens (including phenoxy) is 1. The zero-order chi connectivity index (χ0) is 12.8. The first-order valence-electron chi connectivity index (χ1n) is 5.45. The fourth-order valence-corrected chi connectivity index (χ4v) is 1.47. The number of nitrogens with two attached hydrogens (primary N) is 1. The zero-order valence-electron chi connectivity index (χ0n) is 9.98. The lowest BCUT2D eigenvalue weighted by atomic mass is 10.1. The summed E-state index contributed by atoms with van der Waals surface area (Å²) in [7, 11) is 0. The molecule has 0 bridgehead atoms. The van der Waals surface area contributed by atoms with Gasteiger partial charge in [0.15, 0.2) is 5.84 Å². The largest absolute Gasteiger partial charge is 0.492 e. The van der Waals surface area contributed by atoms with Gasteiger partial charge in [0, 0.05) is 5.56 Å². The van der Waals surface area contributed by atoms with Crippen molar-refractivity contribution in [3.8, 4) is 5.75 Å². The van der Waals surface area contributed by atoms with E-state index < -0.39 is 0 Å². The van der Waals surface area contributed by atoms with Gasteiger partial charge in [-0.2, -0.15) is 0 Å². The summed E-state index contributed by atoms with van der Waals surface area (Å²) >= 11 is 6.03. The van der Waals surface area contributed by atoms with Gasteiger partial charge in [0.2, 0.25) is 0 Å². The molecule has 5 heteroatoms. The van der Waals surface area contributed by atoms with E-state index in [1.54, 1.807) is 18.2 Å². The molecule has 1 aromatic carbocycles. The number of halogens is 1. The van der Waals surface area contributed by atoms with Crippen LogP contribution in [0.3, 0.4) is 0 Å². The average Bonchev–Trinajstić information content (AvgIpc) is 2.29. The highest BCUT2D eigenvalue weighted by molar-refractivity contribution is 6.32. The van der Waals surface area contributed by atoms with Crippen LogP contribution in [0.1, 0.15) is 25.8 Å². The van der Waals surface area contributed by atoms with Crippen LogP contribution in [0.4, 0.5) is 0 Å². The normalized spacial score (nSPS) is 11.9. The fourth-order valence-electron chi connectivity index (χ4n) is 1.24. The van der Waals surface area contributed by atoms with Crippen LogP contribution in [-0.4, -0.2) is 17.6 Å². The van der Waals surface area contributed by atoms with E-state index in [0.717, 1.165) is 6.42 Å². The van der Waals surface area contributed by atoms with E-state index >= 15 is 0 Å². The van der Waals surface area contributed by atoms with Gasteiger partial charge in [0.05, 0.1) is 11.6 Å². The summed E-state index contributed by atoms with van der Waals surface area (Å²) in [4.78, 5) is 0. The molecule has 0 saturated carbocycles. The molecule has 0 amide bonds. The molecule has 0 aliphatic heterocycles. The Morgan fingerprint density at radius 2 is 2.24 bits per heavy atom. The second kappa shape index (κ2) is 6.35. The maximum Gasteiger partial charge on any atom is 0.170 e. The lowest BCUT2D eigenvalue weighted by Crippen LogP contribution is -2.13. The quantitative estimate of drug-likeness (QED) is 0.368. The van der Waals surface area contributed by atoms with E-state index in [-0.39, 0.29) is 5.84 Å². The molecule has 0 radical (unpaired) electrons. The van der Waals surface area contributed by atoms with Crippen molar-refractivity contribution in [1.82, 2.24) is 0 Å². The third kappa shape index (κ3) is 4.15. The van der Waals surface area contributed by atoms with Crippen molar-refractivity contribution in [2.24, 2.45) is 16.8 Å². The molecule has 0 saturated heterocycles. The monoisotopic (exact) mass is 256 g/mol. The third-order valence-electron chi connectivity index (χ3n) is 2.29. The highest BCUT2D eigenvalue weighted by Gasteiger charge is 2.06. The molecule has 0 aliphatic carbocycles. The summed E-state index contributed by atoms with van der Waals surface area (Å²) in [5.74, 6) is 1.23. The van der Waals surface area contributed by atoms with E-state index in [9.17, 15) is 0 Å². The van der Waals surface area contributed by atoms with Gasteiger partial charge in [-0.15, -0.1) is 0 Å². The van der Waals surface area contributed by atoms with Crippen molar-refractivity contribution < 1.29 is 9.94 Å². The molecule has 17 heavy (non-hydrogen) atoms. The van der Waals surface area contributed by atoms with Crippen molar-refractivity contribution in [1.29, 1.82) is 0 Å². The molecule has 0 atom stereocenters. The van der Waals surface area contributed by atoms with Crippen LogP contribution in [0.5, 0.6) is 5.75 Å². The number of oxime groups is 1. The van der Waals surface area contributed by atoms with Gasteiger partial charge in [-0.3, -0.25) is 0 Å². The van der Waals surface area contributed by atoms with Crippen molar-refractivity contribution in [3.63, 3.8) is 0 Å². The minimum Gasteiger partial charge on any atom is -0.492 e. The molecule has 0 fully saturated rings. The Hall–Kier alpha value is -1.42. The van der Waals surface area contributed by atoms with E-state index in [4.69, 9.17) is 27.3 Å². The number of amidine groups is 1. The summed E-state index contributed by atoms with van der Waals surface area (Å²) in [6, 6.07) is 5.03. The van der Waals surface area contributed by atoms with Gasteiger partial charge in [-0.05, 0) is 30.5 Å². The SMILES string of the molecule is CC(C)CCOc1ccc(C(N)=NO)cc1Cl. The van der Waals surface area contributed by atoms with Gasteiger partial charge >= 0.3 is 0 Å². The molecule has 0 spiro atoms. The molecule has 1 aromatic rings. The van der Waals surface area contributed by atoms with Crippen LogP contribution >= 0.6 is 11.6 Å². The Bertz CT molecular complexity index is 405. The minimum absolute atomic E-state index is 0.0284. The van der Waals surface area contributed by atoms with Crippen LogP contribution in [-0.2, 0) is 0 Å². The highest BCUT2D eigenvalue weighted by Crippen LogP contribution is 2.25. The molecule has 0 unspecified atom stereocenters. The fraction of sp³-hybridized carbons (Fsp3) is 0.417. The first-order valence-corrected chi connectivity index (χ1v) is 5.82. The lowest BCUT2D eigenvalue weighted by molar-refractivity contribution is 0.289. The molecule has 0 heterocycles. The number of benzene rings is 1. The topological polar surface area (TPSA) is 67.8 Å². The molecule has 0 aliphatic rings. The molecule has 4 nitrogen and oxygen atoms in total. The molecule has 0 aromatic heterocycles. The molecule has 3 N–H and O–H groups in total. The van der Waals surface area contributed by atoms with Crippen LogP contribution in [0.15, 0.2) is 23.4 Å². The van der Waals surface area contributed by atoms with Crippen molar-refractivity contribution in [3.05, 3.63) is 28.8 Å². The Balaban J connectivity index is 2.70. The van der Waals surface area contributed by atoms with Crippen LogP contribution in [0, 0.1) is 5.92 Å². The van der Waals surface area contributed by atoms with Gasteiger partial charge in [-0.1, -0.05) is 30.6 Å². The standard InChI is InChI=1S/C12H17ClN2O2/c1-8(2)5-6-17-11-4-3-9(7-10(11)13)12(14)15-16/h3-4,7-8,16H,5-6H2,1-2H3,(H2,14,15). The molecule has 1 rings (SSSR count). The Kier molecular flexibility index (Phi) is 5.10. The van der Waals surface area contributed by atoms with E-state index in [2.05, 4.69) is 19.0 Å². The van der Waals surface area contributed by atoms with Gasteiger partial charge in [0.25, 0.3) is 0 Å². The first kappa shape index (κ1) is 13.6. The van der Waals surface area contributed by atoms with Crippen LogP contribution < -0.4 is 10.5 Å². The summed E-state index contributed by atoms with van der Waals surface area (Å²) in [6.45, 7) is 4.89. The number of rotatable bonds is 5. The third-order valence-corrected chi connectivity index (χ3v) is 2.58. The van der Waals surface area contributed by atoms with Gasteiger partial charge in [-0.25, -0.2) is 0 Å². The Morgan fingerprint density at radius 1 is 1.53 bits per heavy atom. The summed E-state index contributed by atoms with van der Waals surface area (Å²) < 4.78 is 5.54. The average molecular weight is 257 g/mol. The van der Waals surface area contributed by atoms with E-state index in [1.165, 1.54) is 0 Å². The van der Waals surface area contributed by atoms with Gasteiger partial charge in [0.1, 0.15) is 5.75 Å².